The summed E-state index contributed by atoms with van der Waals surface area (Å²) in [4.78, 5) is 38.4. The lowest BCUT2D eigenvalue weighted by Gasteiger charge is -2.29. The van der Waals surface area contributed by atoms with E-state index >= 15 is 0 Å². The number of anilines is 1. The number of nitrogens with one attached hydrogen (secondary N) is 2. The minimum absolute atomic E-state index is 0.155. The summed E-state index contributed by atoms with van der Waals surface area (Å²) in [5, 5.41) is 5.70. The second-order valence-corrected chi connectivity index (χ2v) is 8.50. The second-order valence-electron chi connectivity index (χ2n) is 8.50. The minimum Gasteiger partial charge on any atom is -0.381 e. The highest BCUT2D eigenvalue weighted by Crippen LogP contribution is 2.30. The summed E-state index contributed by atoms with van der Waals surface area (Å²) in [5.74, 6) is -0.832. The first kappa shape index (κ1) is 20.1. The van der Waals surface area contributed by atoms with Crippen LogP contribution in [0.5, 0.6) is 0 Å². The van der Waals surface area contributed by atoms with Crippen LogP contribution >= 0.6 is 0 Å². The highest BCUT2D eigenvalue weighted by Gasteiger charge is 2.39. The van der Waals surface area contributed by atoms with Crippen molar-refractivity contribution in [1.82, 2.24) is 10.2 Å². The van der Waals surface area contributed by atoms with Crippen molar-refractivity contribution < 1.29 is 14.4 Å². The van der Waals surface area contributed by atoms with Gasteiger partial charge in [0.15, 0.2) is 0 Å². The van der Waals surface area contributed by atoms with Gasteiger partial charge in [-0.25, -0.2) is 0 Å². The third kappa shape index (κ3) is 3.80. The Labute approximate surface area is 175 Å². The van der Waals surface area contributed by atoms with Gasteiger partial charge < -0.3 is 16.0 Å². The fourth-order valence-electron chi connectivity index (χ4n) is 4.05. The number of fused-ring (bicyclic) bond motifs is 1. The van der Waals surface area contributed by atoms with Gasteiger partial charge in [0.05, 0.1) is 0 Å². The minimum atomic E-state index is -0.601. The van der Waals surface area contributed by atoms with Crippen molar-refractivity contribution in [1.29, 1.82) is 0 Å². The van der Waals surface area contributed by atoms with Crippen LogP contribution in [-0.4, -0.2) is 28.7 Å². The Balaban J connectivity index is 1.49. The van der Waals surface area contributed by atoms with E-state index in [1.807, 2.05) is 56.3 Å². The molecule has 30 heavy (non-hydrogen) atoms. The van der Waals surface area contributed by atoms with E-state index in [4.69, 9.17) is 5.73 Å². The largest absolute Gasteiger partial charge is 0.381 e. The van der Waals surface area contributed by atoms with Crippen LogP contribution in [0.3, 0.4) is 0 Å². The van der Waals surface area contributed by atoms with Crippen molar-refractivity contribution in [3.05, 3.63) is 64.7 Å². The maximum absolute atomic E-state index is 13.1. The van der Waals surface area contributed by atoms with Gasteiger partial charge in [-0.1, -0.05) is 30.3 Å². The van der Waals surface area contributed by atoms with Gasteiger partial charge in [0, 0.05) is 36.3 Å². The van der Waals surface area contributed by atoms with Gasteiger partial charge in [0.25, 0.3) is 5.91 Å². The molecule has 2 heterocycles. The van der Waals surface area contributed by atoms with Crippen LogP contribution in [0, 0.1) is 0 Å². The molecule has 4 rings (SSSR count). The number of amides is 3. The molecule has 0 aliphatic carbocycles. The molecule has 7 heteroatoms. The van der Waals surface area contributed by atoms with E-state index in [9.17, 15) is 14.4 Å². The van der Waals surface area contributed by atoms with Crippen LogP contribution in [0.15, 0.2) is 42.5 Å². The van der Waals surface area contributed by atoms with Crippen LogP contribution in [-0.2, 0) is 28.2 Å². The van der Waals surface area contributed by atoms with Gasteiger partial charge in [-0.15, -0.1) is 0 Å². The molecule has 2 aromatic carbocycles. The zero-order valence-electron chi connectivity index (χ0n) is 17.2. The van der Waals surface area contributed by atoms with Crippen LogP contribution in [0.4, 0.5) is 5.69 Å². The first-order valence-corrected chi connectivity index (χ1v) is 10.1. The number of carbonyl (C=O) groups excluding carboxylic acids is 3. The Kier molecular flexibility index (Phi) is 5.07. The molecule has 3 amide bonds. The normalized spacial score (nSPS) is 19.0. The van der Waals surface area contributed by atoms with E-state index in [0.29, 0.717) is 25.1 Å². The third-order valence-electron chi connectivity index (χ3n) is 5.75. The molecule has 1 unspecified atom stereocenters. The Morgan fingerprint density at radius 1 is 1.13 bits per heavy atom. The monoisotopic (exact) mass is 406 g/mol. The molecule has 2 aliphatic rings. The van der Waals surface area contributed by atoms with Gasteiger partial charge in [-0.3, -0.25) is 19.7 Å². The highest BCUT2D eigenvalue weighted by molar-refractivity contribution is 6.06. The lowest BCUT2D eigenvalue weighted by Crippen LogP contribution is -2.52. The molecule has 1 fully saturated rings. The summed E-state index contributed by atoms with van der Waals surface area (Å²) in [5.41, 5.74) is 10.2. The molecule has 0 bridgehead atoms. The molecule has 0 radical (unpaired) electrons. The molecule has 2 aromatic rings. The maximum Gasteiger partial charge on any atom is 0.255 e. The first-order valence-electron chi connectivity index (χ1n) is 10.1. The lowest BCUT2D eigenvalue weighted by atomic mass is 9.95. The number of piperidine rings is 1. The van der Waals surface area contributed by atoms with E-state index in [2.05, 4.69) is 10.6 Å². The first-order chi connectivity index (χ1) is 14.2. The number of hydrogen-bond donors (Lipinski definition) is 3. The van der Waals surface area contributed by atoms with E-state index in [0.717, 1.165) is 22.4 Å². The summed E-state index contributed by atoms with van der Waals surface area (Å²) in [6.07, 6.45) is 0.613. The van der Waals surface area contributed by atoms with Gasteiger partial charge in [-0.2, -0.15) is 0 Å². The van der Waals surface area contributed by atoms with Crippen molar-refractivity contribution in [2.45, 2.75) is 51.4 Å². The zero-order chi connectivity index (χ0) is 21.5. The zero-order valence-corrected chi connectivity index (χ0v) is 17.2. The fourth-order valence-corrected chi connectivity index (χ4v) is 4.05. The molecule has 0 aromatic heterocycles. The second kappa shape index (κ2) is 7.57. The smallest absolute Gasteiger partial charge is 0.255 e. The molecule has 0 saturated carbocycles. The van der Waals surface area contributed by atoms with Gasteiger partial charge >= 0.3 is 0 Å². The SMILES string of the molecule is CC(C)(N)c1ccc(NCc2cccc3c2C(=O)N(C2CCC(=O)NC2=O)C3)cc1. The molecule has 4 N–H and O–H groups in total. The van der Waals surface area contributed by atoms with E-state index in [-0.39, 0.29) is 18.2 Å². The number of nitrogens with zero attached hydrogens (tertiary/aromatic N) is 1. The number of rotatable bonds is 5. The van der Waals surface area contributed by atoms with Crippen molar-refractivity contribution in [3.63, 3.8) is 0 Å². The van der Waals surface area contributed by atoms with E-state index in [1.165, 1.54) is 0 Å². The number of carbonyl (C=O) groups is 3. The number of benzene rings is 2. The summed E-state index contributed by atoms with van der Waals surface area (Å²) < 4.78 is 0. The molecule has 1 saturated heterocycles. The van der Waals surface area contributed by atoms with E-state index < -0.39 is 17.5 Å². The summed E-state index contributed by atoms with van der Waals surface area (Å²) in [7, 11) is 0. The quantitative estimate of drug-likeness (QED) is 0.661. The number of nitrogens with two attached hydrogens (primary N) is 1. The summed E-state index contributed by atoms with van der Waals surface area (Å²) >= 11 is 0. The number of hydrogen-bond acceptors (Lipinski definition) is 5. The van der Waals surface area contributed by atoms with Gasteiger partial charge in [0.2, 0.25) is 11.8 Å². The van der Waals surface area contributed by atoms with Crippen LogP contribution < -0.4 is 16.4 Å². The molecule has 2 aliphatic heterocycles. The van der Waals surface area contributed by atoms with Gasteiger partial charge in [0.1, 0.15) is 6.04 Å². The van der Waals surface area contributed by atoms with Crippen LogP contribution in [0.2, 0.25) is 0 Å². The van der Waals surface area contributed by atoms with E-state index in [1.54, 1.807) is 4.90 Å². The molecule has 0 spiro atoms. The molecule has 156 valence electrons. The van der Waals surface area contributed by atoms with Gasteiger partial charge in [-0.05, 0) is 49.1 Å². The lowest BCUT2D eigenvalue weighted by molar-refractivity contribution is -0.136. The molecular weight excluding hydrogens is 380 g/mol. The predicted octanol–water partition coefficient (Wildman–Crippen LogP) is 2.25. The number of imide groups is 1. The molecule has 1 atom stereocenters. The Morgan fingerprint density at radius 3 is 2.53 bits per heavy atom. The van der Waals surface area contributed by atoms with Crippen molar-refractivity contribution in [3.8, 4) is 0 Å². The van der Waals surface area contributed by atoms with Crippen LogP contribution in [0.25, 0.3) is 0 Å². The third-order valence-corrected chi connectivity index (χ3v) is 5.75. The van der Waals surface area contributed by atoms with Crippen LogP contribution in [0.1, 0.15) is 53.7 Å². The highest BCUT2D eigenvalue weighted by atomic mass is 16.2. The Morgan fingerprint density at radius 2 is 1.87 bits per heavy atom. The standard InChI is InChI=1S/C23H26N4O3/c1-23(2,24)16-6-8-17(9-7-16)25-12-14-4-3-5-15-13-27(22(30)20(14)15)18-10-11-19(28)26-21(18)29/h3-9,18,25H,10-13,24H2,1-2H3,(H,26,28,29). The average Bonchev–Trinajstić information content (AvgIpc) is 3.03. The predicted molar refractivity (Wildman–Crippen MR) is 113 cm³/mol. The van der Waals surface area contributed by atoms with Crippen molar-refractivity contribution >= 4 is 23.4 Å². The Hall–Kier alpha value is -3.19. The average molecular weight is 406 g/mol. The fraction of sp³-hybridized carbons (Fsp3) is 0.348. The maximum atomic E-state index is 13.1. The topological polar surface area (TPSA) is 105 Å². The molecular formula is C23H26N4O3. The molecule has 7 nitrogen and oxygen atoms in total. The summed E-state index contributed by atoms with van der Waals surface area (Å²) in [6, 6.07) is 13.1. The Bertz CT molecular complexity index is 1010. The van der Waals surface area contributed by atoms with Crippen molar-refractivity contribution in [2.75, 3.05) is 5.32 Å². The summed E-state index contributed by atoms with van der Waals surface area (Å²) in [6.45, 7) is 4.79. The van der Waals surface area contributed by atoms with Crippen molar-refractivity contribution in [2.24, 2.45) is 5.73 Å².